The van der Waals surface area contributed by atoms with Crippen LogP contribution >= 0.6 is 11.6 Å². The second kappa shape index (κ2) is 6.40. The molecule has 0 aliphatic carbocycles. The lowest BCUT2D eigenvalue weighted by atomic mass is 10.1. The summed E-state index contributed by atoms with van der Waals surface area (Å²) in [6.07, 6.45) is 4.11. The average Bonchev–Trinajstić information content (AvgIpc) is 2.84. The average molecular weight is 282 g/mol. The minimum absolute atomic E-state index is 0.0340. The number of carbonyl (C=O) groups excluding carboxylic acids is 1. The molecule has 1 unspecified atom stereocenters. The minimum atomic E-state index is 0.0340. The molecule has 1 atom stereocenters. The van der Waals surface area contributed by atoms with Gasteiger partial charge in [0.2, 0.25) is 0 Å². The van der Waals surface area contributed by atoms with E-state index in [1.165, 1.54) is 0 Å². The first-order valence-electron chi connectivity index (χ1n) is 6.81. The number of hydrogen-bond donors (Lipinski definition) is 1. The van der Waals surface area contributed by atoms with Gasteiger partial charge >= 0.3 is 0 Å². The molecule has 1 aromatic carbocycles. The quantitative estimate of drug-likeness (QED) is 0.842. The first-order valence-corrected chi connectivity index (χ1v) is 7.19. The Labute approximate surface area is 119 Å². The lowest BCUT2D eigenvalue weighted by Crippen LogP contribution is -2.29. The summed E-state index contributed by atoms with van der Waals surface area (Å²) in [6, 6.07) is 5.98. The number of carbonyl (C=O) groups is 1. The molecule has 1 aliphatic rings. The Morgan fingerprint density at radius 1 is 1.53 bits per heavy atom. The zero-order valence-electron chi connectivity index (χ0n) is 11.2. The lowest BCUT2D eigenvalue weighted by Gasteiger charge is -2.27. The number of aliphatic hydroxyl groups excluding tert-OH is 1. The first kappa shape index (κ1) is 14.4. The Morgan fingerprint density at radius 3 is 2.95 bits per heavy atom. The van der Waals surface area contributed by atoms with E-state index in [1.807, 2.05) is 12.1 Å². The molecular weight excluding hydrogens is 262 g/mol. The number of anilines is 1. The van der Waals surface area contributed by atoms with E-state index in [-0.39, 0.29) is 12.4 Å². The van der Waals surface area contributed by atoms with Gasteiger partial charge in [-0.1, -0.05) is 11.6 Å². The Morgan fingerprint density at radius 2 is 2.32 bits per heavy atom. The highest BCUT2D eigenvalue weighted by atomic mass is 35.5. The summed E-state index contributed by atoms with van der Waals surface area (Å²) in [5, 5.41) is 9.60. The largest absolute Gasteiger partial charge is 0.396 e. The fraction of sp³-hybridized carbons (Fsp3) is 0.533. The van der Waals surface area contributed by atoms with Gasteiger partial charge in [0.1, 0.15) is 0 Å². The highest BCUT2D eigenvalue weighted by molar-refractivity contribution is 6.33. The number of benzene rings is 1. The van der Waals surface area contributed by atoms with E-state index < -0.39 is 0 Å². The van der Waals surface area contributed by atoms with Crippen molar-refractivity contribution < 1.29 is 9.90 Å². The van der Waals surface area contributed by atoms with E-state index in [2.05, 4.69) is 4.90 Å². The number of rotatable bonds is 5. The van der Waals surface area contributed by atoms with Crippen LogP contribution in [0.1, 0.15) is 43.0 Å². The molecule has 1 aliphatic heterocycles. The number of Topliss-reactive ketones (excluding diaryl/α,β-unsaturated/α-hetero) is 1. The molecule has 0 amide bonds. The van der Waals surface area contributed by atoms with Gasteiger partial charge < -0.3 is 10.0 Å². The van der Waals surface area contributed by atoms with Crippen molar-refractivity contribution in [3.8, 4) is 0 Å². The van der Waals surface area contributed by atoms with E-state index in [0.29, 0.717) is 16.6 Å². The van der Waals surface area contributed by atoms with E-state index in [4.69, 9.17) is 16.7 Å². The van der Waals surface area contributed by atoms with Crippen LogP contribution in [0.2, 0.25) is 5.02 Å². The molecule has 19 heavy (non-hydrogen) atoms. The SMILES string of the molecule is CC(=O)c1ccc(N2CCCC2CCCO)c(Cl)c1. The second-order valence-corrected chi connectivity index (χ2v) is 5.48. The van der Waals surface area contributed by atoms with Crippen LogP contribution in [0.4, 0.5) is 5.69 Å². The van der Waals surface area contributed by atoms with Crippen LogP contribution in [-0.4, -0.2) is 30.1 Å². The van der Waals surface area contributed by atoms with Gasteiger partial charge in [0.15, 0.2) is 5.78 Å². The summed E-state index contributed by atoms with van der Waals surface area (Å²) in [5.41, 5.74) is 1.66. The smallest absolute Gasteiger partial charge is 0.159 e. The summed E-state index contributed by atoms with van der Waals surface area (Å²) < 4.78 is 0. The molecule has 0 aromatic heterocycles. The predicted molar refractivity (Wildman–Crippen MR) is 78.1 cm³/mol. The van der Waals surface area contributed by atoms with Gasteiger partial charge in [-0.3, -0.25) is 4.79 Å². The fourth-order valence-electron chi connectivity index (χ4n) is 2.74. The van der Waals surface area contributed by atoms with Gasteiger partial charge in [0, 0.05) is 24.8 Å². The molecule has 0 bridgehead atoms. The van der Waals surface area contributed by atoms with Gasteiger partial charge in [0.25, 0.3) is 0 Å². The van der Waals surface area contributed by atoms with Crippen LogP contribution in [0.15, 0.2) is 18.2 Å². The van der Waals surface area contributed by atoms with Crippen molar-refractivity contribution in [2.45, 2.75) is 38.6 Å². The highest BCUT2D eigenvalue weighted by Gasteiger charge is 2.25. The van der Waals surface area contributed by atoms with Gasteiger partial charge in [-0.25, -0.2) is 0 Å². The van der Waals surface area contributed by atoms with Crippen molar-refractivity contribution >= 4 is 23.1 Å². The third-order valence-electron chi connectivity index (χ3n) is 3.74. The molecule has 4 heteroatoms. The maximum absolute atomic E-state index is 11.3. The number of halogens is 1. The maximum atomic E-state index is 11.3. The lowest BCUT2D eigenvalue weighted by molar-refractivity contribution is 0.101. The summed E-state index contributed by atoms with van der Waals surface area (Å²) >= 11 is 6.31. The maximum Gasteiger partial charge on any atom is 0.159 e. The van der Waals surface area contributed by atoms with E-state index >= 15 is 0 Å². The molecule has 3 nitrogen and oxygen atoms in total. The van der Waals surface area contributed by atoms with Crippen LogP contribution in [-0.2, 0) is 0 Å². The molecule has 2 rings (SSSR count). The highest BCUT2D eigenvalue weighted by Crippen LogP contribution is 2.34. The van der Waals surface area contributed by atoms with Crippen LogP contribution in [0.5, 0.6) is 0 Å². The molecule has 1 saturated heterocycles. The van der Waals surface area contributed by atoms with E-state index in [0.717, 1.165) is 37.9 Å². The van der Waals surface area contributed by atoms with Crippen molar-refractivity contribution in [1.29, 1.82) is 0 Å². The molecular formula is C15H20ClNO2. The third-order valence-corrected chi connectivity index (χ3v) is 4.04. The van der Waals surface area contributed by atoms with Crippen LogP contribution in [0, 0.1) is 0 Å². The summed E-state index contributed by atoms with van der Waals surface area (Å²) in [6.45, 7) is 2.78. The molecule has 1 N–H and O–H groups in total. The van der Waals surface area contributed by atoms with Crippen LogP contribution in [0.3, 0.4) is 0 Å². The standard InChI is InChI=1S/C15H20ClNO2/c1-11(19)12-6-7-15(14(16)10-12)17-8-2-4-13(17)5-3-9-18/h6-7,10,13,18H,2-5,8-9H2,1H3. The third kappa shape index (κ3) is 3.28. The monoisotopic (exact) mass is 281 g/mol. The Hall–Kier alpha value is -1.06. The van der Waals surface area contributed by atoms with Gasteiger partial charge in [-0.15, -0.1) is 0 Å². The Bertz CT molecular complexity index is 461. The number of hydrogen-bond acceptors (Lipinski definition) is 3. The molecule has 1 fully saturated rings. The molecule has 0 spiro atoms. The topological polar surface area (TPSA) is 40.5 Å². The van der Waals surface area contributed by atoms with E-state index in [9.17, 15) is 4.79 Å². The Balaban J connectivity index is 2.18. The van der Waals surface area contributed by atoms with Crippen molar-refractivity contribution in [1.82, 2.24) is 0 Å². The molecule has 1 aromatic rings. The van der Waals surface area contributed by atoms with Gasteiger partial charge in [-0.2, -0.15) is 0 Å². The van der Waals surface area contributed by atoms with Gasteiger partial charge in [0.05, 0.1) is 10.7 Å². The number of aliphatic hydroxyl groups is 1. The van der Waals surface area contributed by atoms with Crippen molar-refractivity contribution in [2.75, 3.05) is 18.1 Å². The molecule has 0 radical (unpaired) electrons. The summed E-state index contributed by atoms with van der Waals surface area (Å²) in [4.78, 5) is 13.6. The van der Waals surface area contributed by atoms with E-state index in [1.54, 1.807) is 13.0 Å². The summed E-state index contributed by atoms with van der Waals surface area (Å²) in [7, 11) is 0. The number of ketones is 1. The van der Waals surface area contributed by atoms with Crippen molar-refractivity contribution in [3.63, 3.8) is 0 Å². The normalized spacial score (nSPS) is 18.9. The summed E-state index contributed by atoms with van der Waals surface area (Å²) in [5.74, 6) is 0.0340. The van der Waals surface area contributed by atoms with Crippen molar-refractivity contribution in [2.24, 2.45) is 0 Å². The second-order valence-electron chi connectivity index (χ2n) is 5.08. The van der Waals surface area contributed by atoms with Gasteiger partial charge in [-0.05, 0) is 50.8 Å². The molecule has 0 saturated carbocycles. The number of nitrogens with zero attached hydrogens (tertiary/aromatic N) is 1. The molecule has 104 valence electrons. The predicted octanol–water partition coefficient (Wildman–Crippen LogP) is 3.28. The Kier molecular flexibility index (Phi) is 4.83. The zero-order valence-corrected chi connectivity index (χ0v) is 12.0. The van der Waals surface area contributed by atoms with Crippen LogP contribution < -0.4 is 4.90 Å². The molecule has 1 heterocycles. The van der Waals surface area contributed by atoms with Crippen LogP contribution in [0.25, 0.3) is 0 Å². The first-order chi connectivity index (χ1) is 9.13. The zero-order chi connectivity index (χ0) is 13.8. The minimum Gasteiger partial charge on any atom is -0.396 e. The van der Waals surface area contributed by atoms with Crippen molar-refractivity contribution in [3.05, 3.63) is 28.8 Å². The fourth-order valence-corrected chi connectivity index (χ4v) is 3.03.